The van der Waals surface area contributed by atoms with Gasteiger partial charge in [0.15, 0.2) is 0 Å². The first kappa shape index (κ1) is 9.49. The summed E-state index contributed by atoms with van der Waals surface area (Å²) < 4.78 is 2.10. The van der Waals surface area contributed by atoms with Crippen molar-refractivity contribution in [3.8, 4) is 11.1 Å². The van der Waals surface area contributed by atoms with Crippen molar-refractivity contribution in [2.75, 3.05) is 0 Å². The van der Waals surface area contributed by atoms with Gasteiger partial charge in [0.2, 0.25) is 0 Å². The highest BCUT2D eigenvalue weighted by Crippen LogP contribution is 2.28. The molecular weight excluding hydrogens is 218 g/mol. The summed E-state index contributed by atoms with van der Waals surface area (Å²) in [4.78, 5) is 0. The van der Waals surface area contributed by atoms with Crippen LogP contribution in [0.1, 0.15) is 0 Å². The van der Waals surface area contributed by atoms with Gasteiger partial charge in [0.25, 0.3) is 0 Å². The maximum atomic E-state index is 6.18. The molecule has 2 heterocycles. The van der Waals surface area contributed by atoms with Gasteiger partial charge in [0.1, 0.15) is 0 Å². The van der Waals surface area contributed by atoms with E-state index in [1.165, 1.54) is 5.52 Å². The molecule has 0 aliphatic carbocycles. The molecule has 3 rings (SSSR count). The number of pyridine rings is 1. The predicted molar refractivity (Wildman–Crippen MR) is 67.8 cm³/mol. The summed E-state index contributed by atoms with van der Waals surface area (Å²) in [7, 11) is 0. The number of aromatic nitrogens is 1. The molecule has 16 heavy (non-hydrogen) atoms. The third-order valence-corrected chi connectivity index (χ3v) is 3.02. The number of halogens is 1. The van der Waals surface area contributed by atoms with Crippen molar-refractivity contribution < 1.29 is 0 Å². The number of hydrogen-bond acceptors (Lipinski definition) is 0. The van der Waals surface area contributed by atoms with Crippen molar-refractivity contribution in [3.05, 3.63) is 65.9 Å². The van der Waals surface area contributed by atoms with Gasteiger partial charge < -0.3 is 4.40 Å². The standard InChI is InChI=1S/C14H10ClN/c15-14-7-2-1-6-13(14)11-9-12-5-3-4-8-16(12)10-11/h1-10H. The fourth-order valence-corrected chi connectivity index (χ4v) is 2.14. The Morgan fingerprint density at radius 3 is 2.56 bits per heavy atom. The molecule has 0 N–H and O–H groups in total. The lowest BCUT2D eigenvalue weighted by Gasteiger charge is -1.99. The average molecular weight is 228 g/mol. The van der Waals surface area contributed by atoms with Crippen LogP contribution in [0.5, 0.6) is 0 Å². The van der Waals surface area contributed by atoms with E-state index in [-0.39, 0.29) is 0 Å². The number of hydrogen-bond donors (Lipinski definition) is 0. The molecule has 0 bridgehead atoms. The van der Waals surface area contributed by atoms with Gasteiger partial charge in [-0.15, -0.1) is 0 Å². The van der Waals surface area contributed by atoms with Gasteiger partial charge in [0, 0.05) is 34.1 Å². The van der Waals surface area contributed by atoms with Crippen molar-refractivity contribution in [3.63, 3.8) is 0 Å². The Labute approximate surface area is 98.9 Å². The third-order valence-electron chi connectivity index (χ3n) is 2.69. The van der Waals surface area contributed by atoms with Gasteiger partial charge in [0.05, 0.1) is 0 Å². The second kappa shape index (κ2) is 3.69. The van der Waals surface area contributed by atoms with E-state index in [0.29, 0.717) is 0 Å². The van der Waals surface area contributed by atoms with Crippen LogP contribution >= 0.6 is 11.6 Å². The fourth-order valence-electron chi connectivity index (χ4n) is 1.90. The van der Waals surface area contributed by atoms with Gasteiger partial charge in [-0.05, 0) is 24.3 Å². The Morgan fingerprint density at radius 1 is 0.938 bits per heavy atom. The summed E-state index contributed by atoms with van der Waals surface area (Å²) in [5.74, 6) is 0. The second-order valence-corrected chi connectivity index (χ2v) is 4.15. The smallest absolute Gasteiger partial charge is 0.0484 e. The van der Waals surface area contributed by atoms with Crippen LogP contribution in [0, 0.1) is 0 Å². The highest BCUT2D eigenvalue weighted by atomic mass is 35.5. The SMILES string of the molecule is Clc1ccccc1-c1cc2ccccn2c1. The number of fused-ring (bicyclic) bond motifs is 1. The molecule has 0 fully saturated rings. The molecule has 0 spiro atoms. The van der Waals surface area contributed by atoms with Crippen molar-refractivity contribution in [2.45, 2.75) is 0 Å². The molecule has 0 aliphatic rings. The zero-order valence-electron chi connectivity index (χ0n) is 8.60. The molecule has 2 aromatic heterocycles. The summed E-state index contributed by atoms with van der Waals surface area (Å²) >= 11 is 6.18. The lowest BCUT2D eigenvalue weighted by Crippen LogP contribution is -1.77. The van der Waals surface area contributed by atoms with Crippen LogP contribution in [-0.4, -0.2) is 4.40 Å². The molecule has 0 aliphatic heterocycles. The van der Waals surface area contributed by atoms with Gasteiger partial charge >= 0.3 is 0 Å². The largest absolute Gasteiger partial charge is 0.323 e. The van der Waals surface area contributed by atoms with Crippen LogP contribution in [0.4, 0.5) is 0 Å². The van der Waals surface area contributed by atoms with Crippen LogP contribution in [0.2, 0.25) is 5.02 Å². The van der Waals surface area contributed by atoms with Crippen molar-refractivity contribution in [1.82, 2.24) is 4.40 Å². The quantitative estimate of drug-likeness (QED) is 0.585. The molecule has 2 heteroatoms. The Bertz CT molecular complexity index is 607. The van der Waals surface area contributed by atoms with Crippen molar-refractivity contribution in [1.29, 1.82) is 0 Å². The zero-order valence-corrected chi connectivity index (χ0v) is 9.35. The first-order valence-corrected chi connectivity index (χ1v) is 5.54. The lowest BCUT2D eigenvalue weighted by atomic mass is 10.1. The Kier molecular flexibility index (Phi) is 2.19. The summed E-state index contributed by atoms with van der Waals surface area (Å²) in [6.07, 6.45) is 4.13. The van der Waals surface area contributed by atoms with E-state index in [1.807, 2.05) is 42.6 Å². The van der Waals surface area contributed by atoms with E-state index in [4.69, 9.17) is 11.6 Å². The molecule has 78 valence electrons. The van der Waals surface area contributed by atoms with Crippen LogP contribution < -0.4 is 0 Å². The molecule has 0 atom stereocenters. The molecule has 0 amide bonds. The second-order valence-electron chi connectivity index (χ2n) is 3.74. The number of nitrogens with zero attached hydrogens (tertiary/aromatic N) is 1. The number of benzene rings is 1. The van der Waals surface area contributed by atoms with E-state index in [0.717, 1.165) is 16.1 Å². The Balaban J connectivity index is 2.23. The minimum absolute atomic E-state index is 0.790. The summed E-state index contributed by atoms with van der Waals surface area (Å²) in [5, 5.41) is 0.790. The molecule has 1 aromatic carbocycles. The molecule has 0 saturated heterocycles. The van der Waals surface area contributed by atoms with E-state index in [2.05, 4.69) is 22.7 Å². The molecule has 0 radical (unpaired) electrons. The van der Waals surface area contributed by atoms with Crippen molar-refractivity contribution >= 4 is 17.1 Å². The van der Waals surface area contributed by atoms with E-state index in [1.54, 1.807) is 0 Å². The Morgan fingerprint density at radius 2 is 1.75 bits per heavy atom. The average Bonchev–Trinajstić information content (AvgIpc) is 2.73. The van der Waals surface area contributed by atoms with Crippen LogP contribution in [0.25, 0.3) is 16.6 Å². The van der Waals surface area contributed by atoms with Gasteiger partial charge in [-0.1, -0.05) is 35.9 Å². The van der Waals surface area contributed by atoms with E-state index < -0.39 is 0 Å². The normalized spacial score (nSPS) is 10.8. The Hall–Kier alpha value is -1.73. The number of rotatable bonds is 1. The minimum Gasteiger partial charge on any atom is -0.323 e. The van der Waals surface area contributed by atoms with Crippen LogP contribution in [0.15, 0.2) is 60.9 Å². The van der Waals surface area contributed by atoms with E-state index >= 15 is 0 Å². The molecule has 3 aromatic rings. The van der Waals surface area contributed by atoms with Crippen molar-refractivity contribution in [2.24, 2.45) is 0 Å². The molecular formula is C14H10ClN. The maximum Gasteiger partial charge on any atom is 0.0484 e. The highest BCUT2D eigenvalue weighted by molar-refractivity contribution is 6.33. The van der Waals surface area contributed by atoms with Gasteiger partial charge in [-0.3, -0.25) is 0 Å². The first-order chi connectivity index (χ1) is 7.84. The van der Waals surface area contributed by atoms with E-state index in [9.17, 15) is 0 Å². The predicted octanol–water partition coefficient (Wildman–Crippen LogP) is 4.26. The first-order valence-electron chi connectivity index (χ1n) is 5.16. The minimum atomic E-state index is 0.790. The maximum absolute atomic E-state index is 6.18. The summed E-state index contributed by atoms with van der Waals surface area (Å²) in [6.45, 7) is 0. The summed E-state index contributed by atoms with van der Waals surface area (Å²) in [6, 6.07) is 16.2. The molecule has 1 nitrogen and oxygen atoms in total. The van der Waals surface area contributed by atoms with Crippen LogP contribution in [0.3, 0.4) is 0 Å². The third kappa shape index (κ3) is 1.50. The molecule has 0 unspecified atom stereocenters. The fraction of sp³-hybridized carbons (Fsp3) is 0. The van der Waals surface area contributed by atoms with Crippen LogP contribution in [-0.2, 0) is 0 Å². The monoisotopic (exact) mass is 227 g/mol. The summed E-state index contributed by atoms with van der Waals surface area (Å²) in [5.41, 5.74) is 3.40. The molecule has 0 saturated carbocycles. The van der Waals surface area contributed by atoms with Gasteiger partial charge in [-0.25, -0.2) is 0 Å². The van der Waals surface area contributed by atoms with Gasteiger partial charge in [-0.2, -0.15) is 0 Å². The zero-order chi connectivity index (χ0) is 11.0. The highest BCUT2D eigenvalue weighted by Gasteiger charge is 2.04. The topological polar surface area (TPSA) is 4.41 Å². The lowest BCUT2D eigenvalue weighted by molar-refractivity contribution is 1.20.